The standard InChI is InChI=1S/C11H16F3N3O2/c12-11(13,14)10(3-4-15-6-10)9(19)17-7-1-2-8(18)16-5-7/h7,15H,1-6H2,(H,16,18)(H,17,19). The Hall–Kier alpha value is -1.31. The van der Waals surface area contributed by atoms with Crippen LogP contribution in [0.1, 0.15) is 19.3 Å². The first-order valence-corrected chi connectivity index (χ1v) is 6.20. The van der Waals surface area contributed by atoms with E-state index in [1.165, 1.54) is 0 Å². The first kappa shape index (κ1) is 14.1. The van der Waals surface area contributed by atoms with Crippen LogP contribution in [-0.2, 0) is 9.59 Å². The summed E-state index contributed by atoms with van der Waals surface area (Å²) in [5.41, 5.74) is -2.34. The molecule has 0 aromatic carbocycles. The maximum Gasteiger partial charge on any atom is 0.404 e. The molecule has 2 aliphatic heterocycles. The molecule has 0 radical (unpaired) electrons. The fraction of sp³-hybridized carbons (Fsp3) is 0.818. The maximum atomic E-state index is 13.1. The fourth-order valence-electron chi connectivity index (χ4n) is 2.44. The zero-order valence-electron chi connectivity index (χ0n) is 10.3. The van der Waals surface area contributed by atoms with E-state index in [2.05, 4.69) is 16.0 Å². The third-order valence-corrected chi connectivity index (χ3v) is 3.73. The SMILES string of the molecule is O=C1CCC(NC(=O)C2(C(F)(F)F)CCNC2)CN1. The lowest BCUT2D eigenvalue weighted by atomic mass is 9.84. The molecule has 2 heterocycles. The molecule has 0 spiro atoms. The van der Waals surface area contributed by atoms with Gasteiger partial charge in [0.2, 0.25) is 11.8 Å². The molecule has 2 amide bonds. The van der Waals surface area contributed by atoms with Gasteiger partial charge in [-0.1, -0.05) is 0 Å². The number of hydrogen-bond donors (Lipinski definition) is 3. The minimum atomic E-state index is -4.57. The number of nitrogens with one attached hydrogen (secondary N) is 3. The van der Waals surface area contributed by atoms with Crippen molar-refractivity contribution >= 4 is 11.8 Å². The molecule has 0 aromatic rings. The number of halogens is 3. The lowest BCUT2D eigenvalue weighted by molar-refractivity contribution is -0.216. The van der Waals surface area contributed by atoms with Crippen molar-refractivity contribution in [2.45, 2.75) is 31.5 Å². The zero-order valence-corrected chi connectivity index (χ0v) is 10.3. The summed E-state index contributed by atoms with van der Waals surface area (Å²) in [5.74, 6) is -1.13. The van der Waals surface area contributed by atoms with Gasteiger partial charge in [0.15, 0.2) is 5.41 Å². The van der Waals surface area contributed by atoms with E-state index < -0.39 is 23.5 Å². The van der Waals surface area contributed by atoms with Crippen LogP contribution in [-0.4, -0.2) is 43.7 Å². The van der Waals surface area contributed by atoms with Crippen molar-refractivity contribution in [3.63, 3.8) is 0 Å². The Labute approximate surface area is 108 Å². The Bertz CT molecular complexity index is 368. The van der Waals surface area contributed by atoms with Gasteiger partial charge in [-0.3, -0.25) is 9.59 Å². The Morgan fingerprint density at radius 2 is 2.16 bits per heavy atom. The predicted molar refractivity (Wildman–Crippen MR) is 60.1 cm³/mol. The second-order valence-electron chi connectivity index (χ2n) is 5.02. The number of alkyl halides is 3. The maximum absolute atomic E-state index is 13.1. The summed E-state index contributed by atoms with van der Waals surface area (Å²) in [5, 5.41) is 7.54. The average Bonchev–Trinajstić information content (AvgIpc) is 2.82. The molecule has 0 aromatic heterocycles. The molecule has 2 aliphatic rings. The summed E-state index contributed by atoms with van der Waals surface area (Å²) in [7, 11) is 0. The Morgan fingerprint density at radius 3 is 2.63 bits per heavy atom. The molecule has 5 nitrogen and oxygen atoms in total. The molecule has 2 fully saturated rings. The van der Waals surface area contributed by atoms with Crippen molar-refractivity contribution < 1.29 is 22.8 Å². The van der Waals surface area contributed by atoms with Gasteiger partial charge < -0.3 is 16.0 Å². The van der Waals surface area contributed by atoms with Crippen LogP contribution in [0, 0.1) is 5.41 Å². The van der Waals surface area contributed by atoms with E-state index in [9.17, 15) is 22.8 Å². The number of carbonyl (C=O) groups is 2. The summed E-state index contributed by atoms with van der Waals surface area (Å²) in [6.45, 7) is -0.0261. The van der Waals surface area contributed by atoms with E-state index in [-0.39, 0.29) is 38.4 Å². The quantitative estimate of drug-likeness (QED) is 0.662. The lowest BCUT2D eigenvalue weighted by Gasteiger charge is -2.32. The Kier molecular flexibility index (Phi) is 3.71. The van der Waals surface area contributed by atoms with Crippen LogP contribution >= 0.6 is 0 Å². The van der Waals surface area contributed by atoms with Crippen molar-refractivity contribution in [2.75, 3.05) is 19.6 Å². The molecule has 8 heteroatoms. The van der Waals surface area contributed by atoms with Crippen LogP contribution in [0.3, 0.4) is 0 Å². The van der Waals surface area contributed by atoms with Crippen LogP contribution in [0.2, 0.25) is 0 Å². The van der Waals surface area contributed by atoms with E-state index in [4.69, 9.17) is 0 Å². The molecule has 2 rings (SSSR count). The van der Waals surface area contributed by atoms with Gasteiger partial charge in [0, 0.05) is 25.6 Å². The third kappa shape index (κ3) is 2.68. The molecule has 0 bridgehead atoms. The second-order valence-corrected chi connectivity index (χ2v) is 5.02. The summed E-state index contributed by atoms with van der Waals surface area (Å²) in [6, 6.07) is -0.426. The normalized spacial score (nSPS) is 31.9. The first-order chi connectivity index (χ1) is 8.85. The third-order valence-electron chi connectivity index (χ3n) is 3.73. The number of rotatable bonds is 2. The van der Waals surface area contributed by atoms with E-state index >= 15 is 0 Å². The molecule has 108 valence electrons. The number of carbonyl (C=O) groups excluding carboxylic acids is 2. The van der Waals surface area contributed by atoms with E-state index in [1.807, 2.05) is 0 Å². The molecule has 2 saturated heterocycles. The summed E-state index contributed by atoms with van der Waals surface area (Å²) >= 11 is 0. The van der Waals surface area contributed by atoms with Gasteiger partial charge in [-0.15, -0.1) is 0 Å². The Morgan fingerprint density at radius 1 is 1.42 bits per heavy atom. The second kappa shape index (κ2) is 4.99. The van der Waals surface area contributed by atoms with Crippen molar-refractivity contribution in [3.8, 4) is 0 Å². The number of hydrogen-bond acceptors (Lipinski definition) is 3. The number of piperidine rings is 1. The van der Waals surface area contributed by atoms with Gasteiger partial charge >= 0.3 is 6.18 Å². The van der Waals surface area contributed by atoms with Crippen LogP contribution in [0.4, 0.5) is 13.2 Å². The van der Waals surface area contributed by atoms with Crippen LogP contribution < -0.4 is 16.0 Å². The molecule has 19 heavy (non-hydrogen) atoms. The highest BCUT2D eigenvalue weighted by Crippen LogP contribution is 2.43. The first-order valence-electron chi connectivity index (χ1n) is 6.20. The fourth-order valence-corrected chi connectivity index (χ4v) is 2.44. The van der Waals surface area contributed by atoms with Crippen molar-refractivity contribution in [1.29, 1.82) is 0 Å². The molecule has 0 aliphatic carbocycles. The van der Waals surface area contributed by atoms with Crippen molar-refractivity contribution in [1.82, 2.24) is 16.0 Å². The van der Waals surface area contributed by atoms with Crippen molar-refractivity contribution in [2.24, 2.45) is 5.41 Å². The van der Waals surface area contributed by atoms with Gasteiger partial charge in [0.25, 0.3) is 0 Å². The molecule has 3 N–H and O–H groups in total. The summed E-state index contributed by atoms with van der Waals surface area (Å²) < 4.78 is 39.3. The van der Waals surface area contributed by atoms with Gasteiger partial charge in [-0.05, 0) is 19.4 Å². The zero-order chi connectivity index (χ0) is 14.1. The minimum Gasteiger partial charge on any atom is -0.354 e. The molecule has 2 atom stereocenters. The highest BCUT2D eigenvalue weighted by molar-refractivity contribution is 5.85. The highest BCUT2D eigenvalue weighted by Gasteiger charge is 2.61. The Balaban J connectivity index is 2.03. The molecular weight excluding hydrogens is 263 g/mol. The topological polar surface area (TPSA) is 70.2 Å². The largest absolute Gasteiger partial charge is 0.404 e. The number of amides is 2. The smallest absolute Gasteiger partial charge is 0.354 e. The minimum absolute atomic E-state index is 0.140. The van der Waals surface area contributed by atoms with Crippen LogP contribution in [0.25, 0.3) is 0 Å². The lowest BCUT2D eigenvalue weighted by Crippen LogP contribution is -2.57. The molecule has 2 unspecified atom stereocenters. The predicted octanol–water partition coefficient (Wildman–Crippen LogP) is -0.0768. The summed E-state index contributed by atoms with van der Waals surface area (Å²) in [4.78, 5) is 22.9. The van der Waals surface area contributed by atoms with Crippen molar-refractivity contribution in [3.05, 3.63) is 0 Å². The van der Waals surface area contributed by atoms with E-state index in [0.717, 1.165) is 0 Å². The molecule has 0 saturated carbocycles. The van der Waals surface area contributed by atoms with Crippen LogP contribution in [0.5, 0.6) is 0 Å². The van der Waals surface area contributed by atoms with Gasteiger partial charge in [-0.25, -0.2) is 0 Å². The van der Waals surface area contributed by atoms with E-state index in [1.54, 1.807) is 0 Å². The average molecular weight is 279 g/mol. The monoisotopic (exact) mass is 279 g/mol. The van der Waals surface area contributed by atoms with E-state index in [0.29, 0.717) is 6.42 Å². The van der Waals surface area contributed by atoms with Gasteiger partial charge in [-0.2, -0.15) is 13.2 Å². The van der Waals surface area contributed by atoms with Gasteiger partial charge in [0.1, 0.15) is 0 Å². The summed E-state index contributed by atoms with van der Waals surface area (Å²) in [6.07, 6.45) is -4.22. The van der Waals surface area contributed by atoms with Crippen LogP contribution in [0.15, 0.2) is 0 Å². The highest BCUT2D eigenvalue weighted by atomic mass is 19.4. The van der Waals surface area contributed by atoms with Gasteiger partial charge in [0.05, 0.1) is 0 Å². The molecular formula is C11H16F3N3O2.